The fraction of sp³-hybridized carbons (Fsp3) is 0.400. The molecule has 2 N–H and O–H groups in total. The summed E-state index contributed by atoms with van der Waals surface area (Å²) < 4.78 is 4.85. The lowest BCUT2D eigenvalue weighted by atomic mass is 10.1. The molecule has 0 saturated carbocycles. The van der Waals surface area contributed by atoms with E-state index in [1.807, 2.05) is 0 Å². The van der Waals surface area contributed by atoms with Crippen LogP contribution in [0, 0.1) is 5.92 Å². The average molecular weight is 243 g/mol. The highest BCUT2D eigenvalue weighted by Crippen LogP contribution is 2.23. The summed E-state index contributed by atoms with van der Waals surface area (Å²) in [5, 5.41) is 0.0764. The molecule has 2 rings (SSSR count). The first-order valence-corrected chi connectivity index (χ1v) is 5.29. The first kappa shape index (κ1) is 11.0. The summed E-state index contributed by atoms with van der Waals surface area (Å²) in [5.41, 5.74) is 5.51. The highest BCUT2D eigenvalue weighted by molar-refractivity contribution is 6.32. The molecular weight excluding hydrogens is 232 g/mol. The van der Waals surface area contributed by atoms with Crippen LogP contribution in [0.1, 0.15) is 16.8 Å². The Morgan fingerprint density at radius 3 is 2.81 bits per heavy atom. The third-order valence-corrected chi connectivity index (χ3v) is 3.02. The topological polar surface area (TPSA) is 76.5 Å². The fourth-order valence-corrected chi connectivity index (χ4v) is 1.99. The van der Waals surface area contributed by atoms with Crippen LogP contribution in [0.2, 0.25) is 5.22 Å². The van der Waals surface area contributed by atoms with Crippen LogP contribution in [0.3, 0.4) is 0 Å². The molecule has 1 atom stereocenters. The molecule has 0 aliphatic carbocycles. The van der Waals surface area contributed by atoms with Gasteiger partial charge in [-0.05, 0) is 24.1 Å². The van der Waals surface area contributed by atoms with Crippen LogP contribution in [-0.2, 0) is 4.79 Å². The van der Waals surface area contributed by atoms with Crippen LogP contribution >= 0.6 is 11.6 Å². The molecular formula is C10H11ClN2O3. The Morgan fingerprint density at radius 1 is 1.56 bits per heavy atom. The predicted octanol–water partition coefficient (Wildman–Crippen LogP) is 0.880. The van der Waals surface area contributed by atoms with E-state index < -0.39 is 0 Å². The molecule has 1 aliphatic rings. The lowest BCUT2D eigenvalue weighted by molar-refractivity contribution is -0.121. The van der Waals surface area contributed by atoms with Crippen molar-refractivity contribution in [3.63, 3.8) is 0 Å². The molecule has 86 valence electrons. The van der Waals surface area contributed by atoms with Gasteiger partial charge in [-0.3, -0.25) is 9.59 Å². The van der Waals surface area contributed by atoms with Crippen molar-refractivity contribution in [2.45, 2.75) is 6.42 Å². The normalized spacial score (nSPS) is 20.1. The molecule has 1 fully saturated rings. The van der Waals surface area contributed by atoms with Crippen LogP contribution in [0.25, 0.3) is 0 Å². The molecule has 5 nitrogen and oxygen atoms in total. The number of furan rings is 1. The molecule has 2 heterocycles. The molecule has 16 heavy (non-hydrogen) atoms. The second kappa shape index (κ2) is 4.17. The van der Waals surface area contributed by atoms with Gasteiger partial charge >= 0.3 is 0 Å². The zero-order chi connectivity index (χ0) is 11.7. The molecule has 0 spiro atoms. The molecule has 6 heteroatoms. The van der Waals surface area contributed by atoms with Gasteiger partial charge in [0.25, 0.3) is 5.91 Å². The monoisotopic (exact) mass is 242 g/mol. The maximum Gasteiger partial charge on any atom is 0.258 e. The van der Waals surface area contributed by atoms with Crippen LogP contribution < -0.4 is 5.73 Å². The molecule has 1 aromatic rings. The molecule has 1 unspecified atom stereocenters. The van der Waals surface area contributed by atoms with Crippen LogP contribution in [0.15, 0.2) is 16.7 Å². The van der Waals surface area contributed by atoms with E-state index in [-0.39, 0.29) is 23.0 Å². The fourth-order valence-electron chi connectivity index (χ4n) is 1.79. The summed E-state index contributed by atoms with van der Waals surface area (Å²) in [6.45, 7) is 0.879. The lowest BCUT2D eigenvalue weighted by Crippen LogP contribution is -2.31. The van der Waals surface area contributed by atoms with Crippen LogP contribution in [0.5, 0.6) is 0 Å². The van der Waals surface area contributed by atoms with E-state index in [2.05, 4.69) is 0 Å². The van der Waals surface area contributed by atoms with Gasteiger partial charge in [0.15, 0.2) is 0 Å². The molecule has 0 aromatic carbocycles. The Bertz CT molecular complexity index is 429. The van der Waals surface area contributed by atoms with Crippen LogP contribution in [0.4, 0.5) is 0 Å². The van der Waals surface area contributed by atoms with E-state index in [1.54, 1.807) is 4.90 Å². The van der Waals surface area contributed by atoms with Crippen molar-refractivity contribution in [1.29, 1.82) is 0 Å². The van der Waals surface area contributed by atoms with E-state index in [9.17, 15) is 9.59 Å². The van der Waals surface area contributed by atoms with Crippen molar-refractivity contribution in [2.24, 2.45) is 11.7 Å². The number of carbonyl (C=O) groups is 2. The van der Waals surface area contributed by atoms with Crippen molar-refractivity contribution >= 4 is 23.4 Å². The zero-order valence-corrected chi connectivity index (χ0v) is 9.24. The minimum atomic E-state index is -0.367. The Balaban J connectivity index is 2.08. The number of likely N-dealkylation sites (tertiary alicyclic amines) is 1. The maximum atomic E-state index is 11.9. The lowest BCUT2D eigenvalue weighted by Gasteiger charge is -2.14. The number of nitrogens with two attached hydrogens (primary N) is 1. The minimum absolute atomic E-state index is 0.0764. The first-order chi connectivity index (χ1) is 7.59. The number of carbonyl (C=O) groups excluding carboxylic acids is 2. The first-order valence-electron chi connectivity index (χ1n) is 4.91. The van der Waals surface area contributed by atoms with Gasteiger partial charge in [0.2, 0.25) is 11.1 Å². The Kier molecular flexibility index (Phi) is 2.87. The summed E-state index contributed by atoms with van der Waals surface area (Å²) >= 11 is 5.71. The highest BCUT2D eigenvalue weighted by Gasteiger charge is 2.31. The molecule has 1 aliphatic heterocycles. The van der Waals surface area contributed by atoms with Gasteiger partial charge in [0.05, 0.1) is 17.7 Å². The Hall–Kier alpha value is -1.49. The second-order valence-corrected chi connectivity index (χ2v) is 4.09. The summed E-state index contributed by atoms with van der Waals surface area (Å²) in [5.74, 6) is -0.842. The number of hydrogen-bond acceptors (Lipinski definition) is 3. The third kappa shape index (κ3) is 1.90. The van der Waals surface area contributed by atoms with E-state index in [4.69, 9.17) is 21.8 Å². The minimum Gasteiger partial charge on any atom is -0.452 e. The number of halogens is 1. The quantitative estimate of drug-likeness (QED) is 0.836. The van der Waals surface area contributed by atoms with E-state index in [1.165, 1.54) is 12.3 Å². The number of amides is 2. The number of nitrogens with zero attached hydrogens (tertiary/aromatic N) is 1. The van der Waals surface area contributed by atoms with Gasteiger partial charge < -0.3 is 15.1 Å². The molecule has 2 amide bonds. The summed E-state index contributed by atoms with van der Waals surface area (Å²) in [4.78, 5) is 24.5. The smallest absolute Gasteiger partial charge is 0.258 e. The van der Waals surface area contributed by atoms with Gasteiger partial charge in [-0.1, -0.05) is 0 Å². The van der Waals surface area contributed by atoms with Gasteiger partial charge in [-0.2, -0.15) is 0 Å². The van der Waals surface area contributed by atoms with E-state index >= 15 is 0 Å². The van der Waals surface area contributed by atoms with Gasteiger partial charge in [0.1, 0.15) is 0 Å². The Labute approximate surface area is 97.1 Å². The molecule has 1 saturated heterocycles. The average Bonchev–Trinajstić information content (AvgIpc) is 2.84. The van der Waals surface area contributed by atoms with Gasteiger partial charge in [-0.25, -0.2) is 0 Å². The third-order valence-electron chi connectivity index (χ3n) is 2.73. The zero-order valence-electron chi connectivity index (χ0n) is 8.48. The van der Waals surface area contributed by atoms with Crippen molar-refractivity contribution < 1.29 is 14.0 Å². The highest BCUT2D eigenvalue weighted by atomic mass is 35.5. The molecule has 0 bridgehead atoms. The van der Waals surface area contributed by atoms with Gasteiger partial charge in [0, 0.05) is 13.1 Å². The maximum absolute atomic E-state index is 11.9. The SMILES string of the molecule is NC(=O)C1CCN(C(=O)c2ccoc2Cl)C1. The molecule has 0 radical (unpaired) electrons. The Morgan fingerprint density at radius 2 is 2.31 bits per heavy atom. The number of rotatable bonds is 2. The predicted molar refractivity (Wildman–Crippen MR) is 56.9 cm³/mol. The van der Waals surface area contributed by atoms with E-state index in [0.717, 1.165) is 0 Å². The molecule has 1 aromatic heterocycles. The number of hydrogen-bond donors (Lipinski definition) is 1. The summed E-state index contributed by atoms with van der Waals surface area (Å²) in [6.07, 6.45) is 1.97. The standard InChI is InChI=1S/C10H11ClN2O3/c11-8-7(2-4-16-8)10(15)13-3-1-6(5-13)9(12)14/h2,4,6H,1,3,5H2,(H2,12,14). The second-order valence-electron chi connectivity index (χ2n) is 3.75. The van der Waals surface area contributed by atoms with Crippen LogP contribution in [-0.4, -0.2) is 29.8 Å². The summed E-state index contributed by atoms with van der Waals surface area (Å²) in [7, 11) is 0. The van der Waals surface area contributed by atoms with Crippen molar-refractivity contribution in [1.82, 2.24) is 4.90 Å². The van der Waals surface area contributed by atoms with Crippen molar-refractivity contribution in [3.8, 4) is 0 Å². The van der Waals surface area contributed by atoms with Crippen molar-refractivity contribution in [3.05, 3.63) is 23.1 Å². The van der Waals surface area contributed by atoms with E-state index in [0.29, 0.717) is 25.1 Å². The summed E-state index contributed by atoms with van der Waals surface area (Å²) in [6, 6.07) is 1.52. The largest absolute Gasteiger partial charge is 0.452 e. The van der Waals surface area contributed by atoms with Gasteiger partial charge in [-0.15, -0.1) is 0 Å². The number of primary amides is 1. The van der Waals surface area contributed by atoms with Crippen molar-refractivity contribution in [2.75, 3.05) is 13.1 Å².